The summed E-state index contributed by atoms with van der Waals surface area (Å²) in [5.74, 6) is -2.39. The fraction of sp³-hybridized carbons (Fsp3) is 0.741. The number of rotatable bonds is 3. The summed E-state index contributed by atoms with van der Waals surface area (Å²) in [5.41, 5.74) is -7.76. The Hall–Kier alpha value is -2.23. The standard InChI is InChI=1S/C27H34O9/c1-22(2)16(10-17(28)33-5)24(4)19(30)15-11-27(36-21(15)22)25(24,31)8-7-23(3)20(14-6-9-34-13-14)35-18(29)12-26(23,27)32/h6,9,13,15-16,20-21,31-32H,7-8,10-12H2,1-5H3. The summed E-state index contributed by atoms with van der Waals surface area (Å²) in [5, 5.41) is 25.5. The van der Waals surface area contributed by atoms with Crippen LogP contribution in [0.4, 0.5) is 0 Å². The molecule has 2 N–H and O–H groups in total. The molecule has 2 saturated heterocycles. The molecule has 9 heteroatoms. The van der Waals surface area contributed by atoms with E-state index in [4.69, 9.17) is 18.6 Å². The van der Waals surface area contributed by atoms with Crippen molar-refractivity contribution in [3.05, 3.63) is 24.2 Å². The van der Waals surface area contributed by atoms with Gasteiger partial charge in [-0.15, -0.1) is 0 Å². The zero-order valence-electron chi connectivity index (χ0n) is 21.3. The number of carbonyl (C=O) groups is 3. The maximum atomic E-state index is 14.1. The van der Waals surface area contributed by atoms with Gasteiger partial charge in [-0.05, 0) is 43.6 Å². The van der Waals surface area contributed by atoms with Crippen LogP contribution in [0.15, 0.2) is 23.0 Å². The number of fused-ring (bicyclic) bond motifs is 3. The first-order chi connectivity index (χ1) is 16.7. The van der Waals surface area contributed by atoms with Crippen LogP contribution >= 0.6 is 0 Å². The number of furan rings is 1. The molecule has 3 heterocycles. The molecule has 36 heavy (non-hydrogen) atoms. The number of ketones is 1. The number of Topliss-reactive ketones (excluding diaryl/α,β-unsaturated/α-hetero) is 1. The molecule has 5 fully saturated rings. The number of cyclic esters (lactones) is 1. The van der Waals surface area contributed by atoms with Crippen molar-refractivity contribution in [2.24, 2.45) is 28.1 Å². The fourth-order valence-corrected chi connectivity index (χ4v) is 9.30. The molecule has 9 atom stereocenters. The molecule has 3 aliphatic carbocycles. The molecule has 0 amide bonds. The van der Waals surface area contributed by atoms with Crippen molar-refractivity contribution in [1.82, 2.24) is 0 Å². The highest BCUT2D eigenvalue weighted by Crippen LogP contribution is 2.78. The predicted molar refractivity (Wildman–Crippen MR) is 122 cm³/mol. The average molecular weight is 503 g/mol. The molecular formula is C27H34O9. The first-order valence-electron chi connectivity index (χ1n) is 12.7. The number of hydrogen-bond acceptors (Lipinski definition) is 9. The van der Waals surface area contributed by atoms with Crippen LogP contribution in [0.2, 0.25) is 0 Å². The lowest BCUT2D eigenvalue weighted by Crippen LogP contribution is -2.84. The normalized spacial score (nSPS) is 50.3. The van der Waals surface area contributed by atoms with E-state index in [0.717, 1.165) is 0 Å². The quantitative estimate of drug-likeness (QED) is 0.598. The van der Waals surface area contributed by atoms with Crippen LogP contribution in [0.25, 0.3) is 0 Å². The second kappa shape index (κ2) is 6.79. The summed E-state index contributed by atoms with van der Waals surface area (Å²) in [6, 6.07) is 1.70. The minimum absolute atomic E-state index is 0.0634. The van der Waals surface area contributed by atoms with Crippen molar-refractivity contribution in [1.29, 1.82) is 0 Å². The van der Waals surface area contributed by atoms with Crippen molar-refractivity contribution < 1.29 is 43.2 Å². The Kier molecular flexibility index (Phi) is 4.55. The van der Waals surface area contributed by atoms with Crippen molar-refractivity contribution in [2.45, 2.75) is 88.8 Å². The number of ether oxygens (including phenoxy) is 3. The Labute approximate surface area is 209 Å². The van der Waals surface area contributed by atoms with E-state index < -0.39 is 69.0 Å². The first kappa shape index (κ1) is 24.1. The van der Waals surface area contributed by atoms with Crippen LogP contribution in [-0.4, -0.2) is 58.0 Å². The van der Waals surface area contributed by atoms with Gasteiger partial charge in [0, 0.05) is 23.3 Å². The lowest BCUT2D eigenvalue weighted by Gasteiger charge is -2.71. The Morgan fingerprint density at radius 3 is 2.50 bits per heavy atom. The molecule has 0 radical (unpaired) electrons. The molecule has 1 spiro atoms. The molecule has 3 saturated carbocycles. The van der Waals surface area contributed by atoms with Gasteiger partial charge in [-0.25, -0.2) is 0 Å². The topological polar surface area (TPSA) is 132 Å². The number of esters is 2. The Morgan fingerprint density at radius 1 is 1.14 bits per heavy atom. The summed E-state index contributed by atoms with van der Waals surface area (Å²) in [4.78, 5) is 39.7. The minimum Gasteiger partial charge on any atom is -0.472 e. The highest BCUT2D eigenvalue weighted by atomic mass is 16.6. The average Bonchev–Trinajstić information content (AvgIpc) is 3.48. The van der Waals surface area contributed by atoms with Crippen molar-refractivity contribution in [3.63, 3.8) is 0 Å². The molecule has 0 aromatic carbocycles. The first-order valence-corrected chi connectivity index (χ1v) is 12.7. The number of aliphatic hydroxyl groups is 2. The van der Waals surface area contributed by atoms with Gasteiger partial charge in [0.25, 0.3) is 0 Å². The predicted octanol–water partition coefficient (Wildman–Crippen LogP) is 2.48. The van der Waals surface area contributed by atoms with Gasteiger partial charge >= 0.3 is 11.9 Å². The van der Waals surface area contributed by atoms with Gasteiger partial charge in [0.15, 0.2) is 0 Å². The van der Waals surface area contributed by atoms with E-state index in [9.17, 15) is 24.6 Å². The Balaban J connectivity index is 1.58. The van der Waals surface area contributed by atoms with Crippen molar-refractivity contribution >= 4 is 17.7 Å². The molecule has 3 bridgehead atoms. The fourth-order valence-electron chi connectivity index (χ4n) is 9.30. The Morgan fingerprint density at radius 2 is 1.86 bits per heavy atom. The third-order valence-electron chi connectivity index (χ3n) is 11.2. The van der Waals surface area contributed by atoms with E-state index in [0.29, 0.717) is 5.56 Å². The highest BCUT2D eigenvalue weighted by molar-refractivity contribution is 5.93. The summed E-state index contributed by atoms with van der Waals surface area (Å²) in [7, 11) is 1.30. The third kappa shape index (κ3) is 2.28. The van der Waals surface area contributed by atoms with Gasteiger partial charge in [0.2, 0.25) is 0 Å². The zero-order chi connectivity index (χ0) is 26.1. The molecule has 5 aliphatic rings. The van der Waals surface area contributed by atoms with Gasteiger partial charge in [0.05, 0.1) is 37.6 Å². The van der Waals surface area contributed by atoms with Crippen molar-refractivity contribution in [3.8, 4) is 0 Å². The highest BCUT2D eigenvalue weighted by Gasteiger charge is 2.89. The van der Waals surface area contributed by atoms with Crippen LogP contribution < -0.4 is 0 Å². The van der Waals surface area contributed by atoms with E-state index in [-0.39, 0.29) is 37.9 Å². The number of hydrogen-bond donors (Lipinski definition) is 2. The maximum absolute atomic E-state index is 14.1. The van der Waals surface area contributed by atoms with Crippen LogP contribution in [0.5, 0.6) is 0 Å². The van der Waals surface area contributed by atoms with E-state index >= 15 is 0 Å². The molecular weight excluding hydrogens is 468 g/mol. The zero-order valence-corrected chi connectivity index (χ0v) is 21.3. The van der Waals surface area contributed by atoms with E-state index in [2.05, 4.69) is 0 Å². The van der Waals surface area contributed by atoms with E-state index in [1.807, 2.05) is 20.8 Å². The lowest BCUT2D eigenvalue weighted by molar-refractivity contribution is -0.358. The number of methoxy groups -OCH3 is 1. The molecule has 1 aromatic rings. The Bertz CT molecular complexity index is 1160. The molecule has 196 valence electrons. The summed E-state index contributed by atoms with van der Waals surface area (Å²) < 4.78 is 22.9. The summed E-state index contributed by atoms with van der Waals surface area (Å²) in [6.07, 6.45) is 1.60. The van der Waals surface area contributed by atoms with Gasteiger partial charge in [-0.3, -0.25) is 14.4 Å². The van der Waals surface area contributed by atoms with Gasteiger partial charge in [0.1, 0.15) is 28.7 Å². The third-order valence-corrected chi connectivity index (χ3v) is 11.2. The smallest absolute Gasteiger partial charge is 0.309 e. The van der Waals surface area contributed by atoms with Gasteiger partial charge < -0.3 is 28.8 Å². The molecule has 6 rings (SSSR count). The van der Waals surface area contributed by atoms with Gasteiger partial charge in [-0.1, -0.05) is 20.8 Å². The maximum Gasteiger partial charge on any atom is 0.309 e. The summed E-state index contributed by atoms with van der Waals surface area (Å²) >= 11 is 0. The molecule has 1 aromatic heterocycles. The number of carbonyl (C=O) groups excluding carboxylic acids is 3. The van der Waals surface area contributed by atoms with Crippen LogP contribution in [0, 0.1) is 28.1 Å². The summed E-state index contributed by atoms with van der Waals surface area (Å²) in [6.45, 7) is 7.49. The molecule has 9 unspecified atom stereocenters. The van der Waals surface area contributed by atoms with E-state index in [1.165, 1.54) is 19.6 Å². The monoisotopic (exact) mass is 502 g/mol. The van der Waals surface area contributed by atoms with Gasteiger partial charge in [-0.2, -0.15) is 0 Å². The van der Waals surface area contributed by atoms with E-state index in [1.54, 1.807) is 13.0 Å². The van der Waals surface area contributed by atoms with Crippen LogP contribution in [0.3, 0.4) is 0 Å². The molecule has 2 aliphatic heterocycles. The second-order valence-electron chi connectivity index (χ2n) is 12.6. The lowest BCUT2D eigenvalue weighted by atomic mass is 9.35. The SMILES string of the molecule is COC(=O)CC1C(C)(C)C2OC34CC2C(=O)C1(C)C3(O)CCC1(C)C(c2ccoc2)OC(=O)CC14O. The van der Waals surface area contributed by atoms with Crippen molar-refractivity contribution in [2.75, 3.05) is 7.11 Å². The largest absolute Gasteiger partial charge is 0.472 e. The minimum atomic E-state index is -1.84. The van der Waals surface area contributed by atoms with Crippen LogP contribution in [-0.2, 0) is 28.6 Å². The van der Waals surface area contributed by atoms with Crippen LogP contribution in [0.1, 0.15) is 71.5 Å². The second-order valence-corrected chi connectivity index (χ2v) is 12.6. The molecule has 9 nitrogen and oxygen atoms in total.